The van der Waals surface area contributed by atoms with Gasteiger partial charge in [-0.3, -0.25) is 14.9 Å². The number of pyridine rings is 1. The lowest BCUT2D eigenvalue weighted by Crippen LogP contribution is -2.30. The third kappa shape index (κ3) is 7.60. The molecule has 2 heterocycles. The van der Waals surface area contributed by atoms with Crippen molar-refractivity contribution in [3.63, 3.8) is 0 Å². The molecular weight excluding hydrogens is 570 g/mol. The Bertz CT molecular complexity index is 1800. The number of halogens is 1. The fraction of sp³-hybridized carbons (Fsp3) is 0.0968. The molecule has 0 spiro atoms. The molecule has 0 bridgehead atoms. The zero-order valence-electron chi connectivity index (χ0n) is 22.9. The van der Waals surface area contributed by atoms with Crippen molar-refractivity contribution < 1.29 is 14.3 Å². The first kappa shape index (κ1) is 29.0. The van der Waals surface area contributed by atoms with Crippen molar-refractivity contribution in [2.45, 2.75) is 12.5 Å². The Morgan fingerprint density at radius 3 is 2.53 bits per heavy atom. The molecule has 0 fully saturated rings. The van der Waals surface area contributed by atoms with Gasteiger partial charge < -0.3 is 15.0 Å². The number of benzene rings is 3. The van der Waals surface area contributed by atoms with Crippen LogP contribution >= 0.6 is 11.6 Å². The number of aromatic nitrogens is 5. The number of aromatic amines is 1. The number of nitrogens with one attached hydrogen (secondary N) is 3. The van der Waals surface area contributed by atoms with Gasteiger partial charge in [-0.1, -0.05) is 54.1 Å². The molecule has 0 aliphatic rings. The second kappa shape index (κ2) is 13.4. The summed E-state index contributed by atoms with van der Waals surface area (Å²) in [7, 11) is 1.28. The number of nitrogens with zero attached hydrogens (tertiary/aromatic N) is 4. The van der Waals surface area contributed by atoms with E-state index in [1.807, 2.05) is 36.4 Å². The second-order valence-electron chi connectivity index (χ2n) is 9.42. The molecule has 12 heteroatoms. The van der Waals surface area contributed by atoms with Crippen molar-refractivity contribution in [3.05, 3.63) is 130 Å². The molecule has 11 nitrogen and oxygen atoms in total. The van der Waals surface area contributed by atoms with E-state index in [0.717, 1.165) is 11.1 Å². The van der Waals surface area contributed by atoms with Crippen molar-refractivity contribution >= 4 is 35.4 Å². The highest BCUT2D eigenvalue weighted by Gasteiger charge is 2.17. The van der Waals surface area contributed by atoms with E-state index in [4.69, 9.17) is 11.6 Å². The summed E-state index contributed by atoms with van der Waals surface area (Å²) in [6, 6.07) is 24.5. The molecule has 43 heavy (non-hydrogen) atoms. The first-order chi connectivity index (χ1) is 20.9. The van der Waals surface area contributed by atoms with Crippen molar-refractivity contribution in [3.8, 4) is 16.8 Å². The predicted molar refractivity (Wildman–Crippen MR) is 163 cm³/mol. The van der Waals surface area contributed by atoms with Gasteiger partial charge in [0.05, 0.1) is 18.8 Å². The maximum absolute atomic E-state index is 13.2. The van der Waals surface area contributed by atoms with Crippen LogP contribution in [-0.2, 0) is 16.0 Å². The van der Waals surface area contributed by atoms with E-state index in [1.165, 1.54) is 30.3 Å². The molecule has 1 atom stereocenters. The lowest BCUT2D eigenvalue weighted by molar-refractivity contribution is -0.117. The van der Waals surface area contributed by atoms with Crippen molar-refractivity contribution in [1.29, 1.82) is 0 Å². The van der Waals surface area contributed by atoms with E-state index in [-0.39, 0.29) is 11.5 Å². The average Bonchev–Trinajstić information content (AvgIpc) is 3.55. The molecule has 2 aromatic heterocycles. The van der Waals surface area contributed by atoms with E-state index in [2.05, 4.69) is 35.9 Å². The highest BCUT2D eigenvalue weighted by molar-refractivity contribution is 6.30. The third-order valence-corrected chi connectivity index (χ3v) is 6.72. The molecule has 0 unspecified atom stereocenters. The van der Waals surface area contributed by atoms with Crippen LogP contribution in [0, 0.1) is 0 Å². The van der Waals surface area contributed by atoms with Crippen LogP contribution in [0.3, 0.4) is 0 Å². The van der Waals surface area contributed by atoms with Gasteiger partial charge >= 0.3 is 6.09 Å². The summed E-state index contributed by atoms with van der Waals surface area (Å²) in [5.74, 6) is -0.381. The minimum Gasteiger partial charge on any atom is -0.453 e. The fourth-order valence-electron chi connectivity index (χ4n) is 4.45. The topological polar surface area (TPSA) is 144 Å². The summed E-state index contributed by atoms with van der Waals surface area (Å²) in [4.78, 5) is 40.4. The van der Waals surface area contributed by atoms with Crippen LogP contribution in [-0.4, -0.2) is 44.3 Å². The summed E-state index contributed by atoms with van der Waals surface area (Å²) < 4.78 is 6.10. The number of methoxy groups -OCH3 is 1. The van der Waals surface area contributed by atoms with Crippen molar-refractivity contribution in [2.75, 3.05) is 12.4 Å². The highest BCUT2D eigenvalue weighted by atomic mass is 35.5. The van der Waals surface area contributed by atoms with Gasteiger partial charge in [0, 0.05) is 34.1 Å². The zero-order chi connectivity index (χ0) is 30.2. The van der Waals surface area contributed by atoms with Crippen molar-refractivity contribution in [1.82, 2.24) is 30.5 Å². The van der Waals surface area contributed by atoms with E-state index in [0.29, 0.717) is 39.6 Å². The summed E-state index contributed by atoms with van der Waals surface area (Å²) in [6.45, 7) is 0. The number of hydrogen-bond donors (Lipinski definition) is 3. The smallest absolute Gasteiger partial charge is 0.411 e. The Balaban J connectivity index is 1.43. The largest absolute Gasteiger partial charge is 0.453 e. The van der Waals surface area contributed by atoms with Gasteiger partial charge in [0.25, 0.3) is 0 Å². The lowest BCUT2D eigenvalue weighted by atomic mass is 9.99. The van der Waals surface area contributed by atoms with Crippen LogP contribution in [0.25, 0.3) is 22.9 Å². The molecule has 3 N–H and O–H groups in total. The maximum atomic E-state index is 13.2. The molecule has 5 rings (SSSR count). The Labute approximate surface area is 251 Å². The van der Waals surface area contributed by atoms with Gasteiger partial charge in [-0.2, -0.15) is 4.68 Å². The Kier molecular flexibility index (Phi) is 9.03. The predicted octanol–water partition coefficient (Wildman–Crippen LogP) is 4.96. The van der Waals surface area contributed by atoms with Gasteiger partial charge in [0.15, 0.2) is 0 Å². The molecule has 2 amide bonds. The molecule has 0 saturated heterocycles. The number of carbonyl (C=O) groups is 2. The van der Waals surface area contributed by atoms with Crippen LogP contribution in [0.2, 0.25) is 5.02 Å². The molecular formula is C31H26ClN7O4. The number of amides is 2. The molecule has 0 radical (unpaired) electrons. The standard InChI is InChI=1S/C31H26ClN7O4/c1-43-31(42)34-25-11-7-21(8-12-25)23-17-27(36-30(41)18-23)26(15-20-5-3-2-4-6-20)35-29(40)14-9-22-16-24(32)10-13-28(22)39-19-33-37-38-39/h2-14,16-19,26H,15H2,1H3,(H,34,42)(H,35,40)(H,36,41)/b14-9+/t26-/m0/s1. The normalized spacial score (nSPS) is 11.7. The number of tetrazole rings is 1. The van der Waals surface area contributed by atoms with Crippen molar-refractivity contribution in [2.24, 2.45) is 0 Å². The van der Waals surface area contributed by atoms with Gasteiger partial charge in [0.2, 0.25) is 11.5 Å². The van der Waals surface area contributed by atoms with E-state index >= 15 is 0 Å². The summed E-state index contributed by atoms with van der Waals surface area (Å²) in [5.41, 5.74) is 4.40. The van der Waals surface area contributed by atoms with Crippen LogP contribution < -0.4 is 16.2 Å². The fourth-order valence-corrected chi connectivity index (χ4v) is 4.63. The summed E-state index contributed by atoms with van der Waals surface area (Å²) in [6.07, 6.45) is 4.31. The quantitative estimate of drug-likeness (QED) is 0.204. The number of H-pyrrole nitrogens is 1. The highest BCUT2D eigenvalue weighted by Crippen LogP contribution is 2.25. The van der Waals surface area contributed by atoms with Crippen LogP contribution in [0.5, 0.6) is 0 Å². The minimum absolute atomic E-state index is 0.322. The van der Waals surface area contributed by atoms with Gasteiger partial charge in [-0.15, -0.1) is 5.10 Å². The minimum atomic E-state index is -0.582. The molecule has 3 aromatic carbocycles. The van der Waals surface area contributed by atoms with Crippen LogP contribution in [0.1, 0.15) is 22.9 Å². The summed E-state index contributed by atoms with van der Waals surface area (Å²) >= 11 is 6.21. The first-order valence-electron chi connectivity index (χ1n) is 13.1. The number of ether oxygens (including phenoxy) is 1. The third-order valence-electron chi connectivity index (χ3n) is 6.49. The summed E-state index contributed by atoms with van der Waals surface area (Å²) in [5, 5.41) is 17.4. The molecule has 0 saturated carbocycles. The Morgan fingerprint density at radius 1 is 1.02 bits per heavy atom. The number of rotatable bonds is 9. The molecule has 5 aromatic rings. The average molecular weight is 596 g/mol. The Hall–Kier alpha value is -5.55. The molecule has 0 aliphatic heterocycles. The monoisotopic (exact) mass is 595 g/mol. The SMILES string of the molecule is COC(=O)Nc1ccc(-c2cc([C@H](Cc3ccccc3)NC(=O)/C=C/c3cc(Cl)ccc3-n3cnnn3)[nH]c(=O)c2)cc1. The van der Waals surface area contributed by atoms with Crippen LogP contribution in [0.4, 0.5) is 10.5 Å². The first-order valence-corrected chi connectivity index (χ1v) is 13.5. The lowest BCUT2D eigenvalue weighted by Gasteiger charge is -2.19. The number of hydrogen-bond acceptors (Lipinski definition) is 7. The van der Waals surface area contributed by atoms with Gasteiger partial charge in [0.1, 0.15) is 6.33 Å². The molecule has 216 valence electrons. The van der Waals surface area contributed by atoms with E-state index < -0.39 is 12.1 Å². The second-order valence-corrected chi connectivity index (χ2v) is 9.86. The molecule has 0 aliphatic carbocycles. The van der Waals surface area contributed by atoms with E-state index in [9.17, 15) is 14.4 Å². The number of carbonyl (C=O) groups excluding carboxylic acids is 2. The Morgan fingerprint density at radius 2 is 1.81 bits per heavy atom. The van der Waals surface area contributed by atoms with E-state index in [1.54, 1.807) is 48.5 Å². The van der Waals surface area contributed by atoms with Gasteiger partial charge in [-0.05, 0) is 76.0 Å². The zero-order valence-corrected chi connectivity index (χ0v) is 23.7. The van der Waals surface area contributed by atoms with Crippen LogP contribution in [0.15, 0.2) is 102 Å². The number of anilines is 1. The maximum Gasteiger partial charge on any atom is 0.411 e. The van der Waals surface area contributed by atoms with Gasteiger partial charge in [-0.25, -0.2) is 4.79 Å².